The normalized spacial score (nSPS) is 10.2. The van der Waals surface area contributed by atoms with Crippen LogP contribution >= 0.6 is 15.9 Å². The maximum Gasteiger partial charge on any atom is 0.224 e. The van der Waals surface area contributed by atoms with Crippen molar-refractivity contribution in [1.29, 1.82) is 0 Å². The number of para-hydroxylation sites is 1. The average Bonchev–Trinajstić information content (AvgIpc) is 2.54. The second kappa shape index (κ2) is 7.84. The van der Waals surface area contributed by atoms with Gasteiger partial charge in [0.2, 0.25) is 5.91 Å². The van der Waals surface area contributed by atoms with E-state index in [0.29, 0.717) is 13.0 Å². The zero-order valence-electron chi connectivity index (χ0n) is 11.9. The first-order chi connectivity index (χ1) is 10.2. The molecule has 3 nitrogen and oxygen atoms in total. The standard InChI is InChI=1S/C17H18BrNO2/c1-21-16-5-3-2-4-15(16)10-17(20)19-12-14-8-6-13(11-18)7-9-14/h2-9H,10-12H2,1H3,(H,19,20). The van der Waals surface area contributed by atoms with E-state index in [4.69, 9.17) is 4.74 Å². The van der Waals surface area contributed by atoms with Crippen molar-refractivity contribution in [3.05, 3.63) is 65.2 Å². The zero-order chi connectivity index (χ0) is 15.1. The molecule has 0 spiro atoms. The van der Waals surface area contributed by atoms with Crippen molar-refractivity contribution in [3.8, 4) is 5.75 Å². The maximum atomic E-state index is 12.0. The van der Waals surface area contributed by atoms with Gasteiger partial charge >= 0.3 is 0 Å². The zero-order valence-corrected chi connectivity index (χ0v) is 13.5. The first kappa shape index (κ1) is 15.6. The van der Waals surface area contributed by atoms with E-state index in [1.54, 1.807) is 7.11 Å². The SMILES string of the molecule is COc1ccccc1CC(=O)NCc1ccc(CBr)cc1. The Hall–Kier alpha value is -1.81. The van der Waals surface area contributed by atoms with Crippen LogP contribution in [0.5, 0.6) is 5.75 Å². The van der Waals surface area contributed by atoms with Gasteiger partial charge in [-0.2, -0.15) is 0 Å². The van der Waals surface area contributed by atoms with Gasteiger partial charge in [0, 0.05) is 17.4 Å². The number of halogens is 1. The fraction of sp³-hybridized carbons (Fsp3) is 0.235. The highest BCUT2D eigenvalue weighted by atomic mass is 79.9. The second-order valence-electron chi connectivity index (χ2n) is 4.72. The number of alkyl halides is 1. The van der Waals surface area contributed by atoms with E-state index in [2.05, 4.69) is 33.4 Å². The third kappa shape index (κ3) is 4.60. The highest BCUT2D eigenvalue weighted by molar-refractivity contribution is 9.08. The van der Waals surface area contributed by atoms with Crippen molar-refractivity contribution in [3.63, 3.8) is 0 Å². The Bertz CT molecular complexity index is 596. The molecule has 0 unspecified atom stereocenters. The molecular formula is C17H18BrNO2. The van der Waals surface area contributed by atoms with Gasteiger partial charge in [-0.15, -0.1) is 0 Å². The minimum absolute atomic E-state index is 0.0101. The van der Waals surface area contributed by atoms with Crippen LogP contribution in [0.2, 0.25) is 0 Å². The summed E-state index contributed by atoms with van der Waals surface area (Å²) in [4.78, 5) is 12.0. The molecule has 0 saturated carbocycles. The van der Waals surface area contributed by atoms with Crippen molar-refractivity contribution in [2.75, 3.05) is 7.11 Å². The topological polar surface area (TPSA) is 38.3 Å². The number of carbonyl (C=O) groups is 1. The number of methoxy groups -OCH3 is 1. The molecule has 2 rings (SSSR count). The Morgan fingerprint density at radius 1 is 1.10 bits per heavy atom. The second-order valence-corrected chi connectivity index (χ2v) is 5.28. The number of hydrogen-bond donors (Lipinski definition) is 1. The highest BCUT2D eigenvalue weighted by Gasteiger charge is 2.07. The molecule has 0 aliphatic rings. The molecular weight excluding hydrogens is 330 g/mol. The molecule has 2 aromatic rings. The van der Waals surface area contributed by atoms with Crippen LogP contribution in [0.3, 0.4) is 0 Å². The number of ether oxygens (including phenoxy) is 1. The molecule has 0 atom stereocenters. The van der Waals surface area contributed by atoms with Crippen LogP contribution in [0.15, 0.2) is 48.5 Å². The van der Waals surface area contributed by atoms with Gasteiger partial charge in [-0.3, -0.25) is 4.79 Å². The summed E-state index contributed by atoms with van der Waals surface area (Å²) in [7, 11) is 1.61. The number of rotatable bonds is 6. The van der Waals surface area contributed by atoms with Gasteiger partial charge < -0.3 is 10.1 Å². The van der Waals surface area contributed by atoms with Gasteiger partial charge in [0.15, 0.2) is 0 Å². The van der Waals surface area contributed by atoms with Crippen LogP contribution in [0.4, 0.5) is 0 Å². The summed E-state index contributed by atoms with van der Waals surface area (Å²) < 4.78 is 5.25. The average molecular weight is 348 g/mol. The fourth-order valence-corrected chi connectivity index (χ4v) is 2.41. The van der Waals surface area contributed by atoms with Gasteiger partial charge in [0.25, 0.3) is 0 Å². The quantitative estimate of drug-likeness (QED) is 0.812. The smallest absolute Gasteiger partial charge is 0.224 e. The third-order valence-electron chi connectivity index (χ3n) is 3.21. The van der Waals surface area contributed by atoms with Crippen molar-refractivity contribution in [2.24, 2.45) is 0 Å². The predicted molar refractivity (Wildman–Crippen MR) is 87.6 cm³/mol. The molecule has 2 aromatic carbocycles. The third-order valence-corrected chi connectivity index (χ3v) is 3.86. The van der Waals surface area contributed by atoms with E-state index in [1.165, 1.54) is 5.56 Å². The van der Waals surface area contributed by atoms with E-state index in [0.717, 1.165) is 22.2 Å². The number of nitrogens with one attached hydrogen (secondary N) is 1. The lowest BCUT2D eigenvalue weighted by atomic mass is 10.1. The molecule has 0 heterocycles. The van der Waals surface area contributed by atoms with Crippen LogP contribution < -0.4 is 10.1 Å². The Kier molecular flexibility index (Phi) is 5.81. The van der Waals surface area contributed by atoms with Gasteiger partial charge in [0.05, 0.1) is 13.5 Å². The molecule has 0 radical (unpaired) electrons. The Balaban J connectivity index is 1.89. The molecule has 0 aromatic heterocycles. The Morgan fingerprint density at radius 2 is 1.76 bits per heavy atom. The maximum absolute atomic E-state index is 12.0. The molecule has 1 N–H and O–H groups in total. The molecule has 0 bridgehead atoms. The summed E-state index contributed by atoms with van der Waals surface area (Å²) in [6.45, 7) is 0.538. The van der Waals surface area contributed by atoms with Crippen LogP contribution in [0.25, 0.3) is 0 Å². The first-order valence-corrected chi connectivity index (χ1v) is 7.87. The Morgan fingerprint density at radius 3 is 2.43 bits per heavy atom. The lowest BCUT2D eigenvalue weighted by molar-refractivity contribution is -0.120. The minimum atomic E-state index is -0.0101. The lowest BCUT2D eigenvalue weighted by Crippen LogP contribution is -2.24. The van der Waals surface area contributed by atoms with Crippen LogP contribution in [0, 0.1) is 0 Å². The summed E-state index contributed by atoms with van der Waals surface area (Å²) in [5, 5.41) is 3.77. The summed E-state index contributed by atoms with van der Waals surface area (Å²) in [5.74, 6) is 0.735. The monoisotopic (exact) mass is 347 g/mol. The van der Waals surface area contributed by atoms with E-state index in [-0.39, 0.29) is 5.91 Å². The van der Waals surface area contributed by atoms with Crippen molar-refractivity contribution in [1.82, 2.24) is 5.32 Å². The fourth-order valence-electron chi connectivity index (χ4n) is 2.03. The first-order valence-electron chi connectivity index (χ1n) is 6.75. The number of benzene rings is 2. The van der Waals surface area contributed by atoms with E-state index in [1.807, 2.05) is 36.4 Å². The van der Waals surface area contributed by atoms with Gasteiger partial charge in [-0.1, -0.05) is 58.4 Å². The minimum Gasteiger partial charge on any atom is -0.496 e. The van der Waals surface area contributed by atoms with Crippen LogP contribution in [-0.2, 0) is 23.1 Å². The number of hydrogen-bond acceptors (Lipinski definition) is 2. The van der Waals surface area contributed by atoms with E-state index in [9.17, 15) is 4.79 Å². The lowest BCUT2D eigenvalue weighted by Gasteiger charge is -2.09. The van der Waals surface area contributed by atoms with Gasteiger partial charge in [0.1, 0.15) is 5.75 Å². The van der Waals surface area contributed by atoms with E-state index < -0.39 is 0 Å². The summed E-state index contributed by atoms with van der Waals surface area (Å²) in [6, 6.07) is 15.7. The van der Waals surface area contributed by atoms with Crippen LogP contribution in [0.1, 0.15) is 16.7 Å². The highest BCUT2D eigenvalue weighted by Crippen LogP contribution is 2.17. The predicted octanol–water partition coefficient (Wildman–Crippen LogP) is 3.45. The molecule has 0 aliphatic carbocycles. The Labute approximate surface area is 133 Å². The van der Waals surface area contributed by atoms with Crippen molar-refractivity contribution >= 4 is 21.8 Å². The van der Waals surface area contributed by atoms with Gasteiger partial charge in [-0.05, 0) is 17.2 Å². The van der Waals surface area contributed by atoms with E-state index >= 15 is 0 Å². The molecule has 4 heteroatoms. The van der Waals surface area contributed by atoms with Crippen molar-refractivity contribution in [2.45, 2.75) is 18.3 Å². The van der Waals surface area contributed by atoms with Gasteiger partial charge in [-0.25, -0.2) is 0 Å². The van der Waals surface area contributed by atoms with Crippen molar-refractivity contribution < 1.29 is 9.53 Å². The largest absolute Gasteiger partial charge is 0.496 e. The molecule has 0 aliphatic heterocycles. The molecule has 1 amide bonds. The number of amides is 1. The molecule has 0 fully saturated rings. The summed E-state index contributed by atoms with van der Waals surface area (Å²) in [5.41, 5.74) is 3.21. The number of carbonyl (C=O) groups excluding carboxylic acids is 1. The molecule has 110 valence electrons. The molecule has 0 saturated heterocycles. The summed E-state index contributed by atoms with van der Waals surface area (Å²) >= 11 is 3.41. The van der Waals surface area contributed by atoms with Crippen LogP contribution in [-0.4, -0.2) is 13.0 Å². The molecule has 21 heavy (non-hydrogen) atoms. The summed E-state index contributed by atoms with van der Waals surface area (Å²) in [6.07, 6.45) is 0.323.